The van der Waals surface area contributed by atoms with E-state index in [2.05, 4.69) is 18.7 Å². The van der Waals surface area contributed by atoms with Gasteiger partial charge in [-0.05, 0) is 55.9 Å². The number of hydrogen-bond donors (Lipinski definition) is 0. The van der Waals surface area contributed by atoms with E-state index >= 15 is 0 Å². The summed E-state index contributed by atoms with van der Waals surface area (Å²) in [7, 11) is 0. The normalized spacial score (nSPS) is 13.8. The van der Waals surface area contributed by atoms with Gasteiger partial charge in [0.1, 0.15) is 0 Å². The van der Waals surface area contributed by atoms with Crippen molar-refractivity contribution in [1.82, 2.24) is 4.90 Å². The fourth-order valence-electron chi connectivity index (χ4n) is 3.07. The van der Waals surface area contributed by atoms with Gasteiger partial charge in [0.05, 0.1) is 22.1 Å². The van der Waals surface area contributed by atoms with Gasteiger partial charge < -0.3 is 4.90 Å². The molecule has 0 unspecified atom stereocenters. The summed E-state index contributed by atoms with van der Waals surface area (Å²) in [5, 5.41) is 1.88. The van der Waals surface area contributed by atoms with E-state index in [1.54, 1.807) is 0 Å². The first-order valence-electron chi connectivity index (χ1n) is 9.54. The van der Waals surface area contributed by atoms with Gasteiger partial charge in [0.2, 0.25) is 0 Å². The number of nitrogens with zero attached hydrogens (tertiary/aromatic N) is 3. The summed E-state index contributed by atoms with van der Waals surface area (Å²) >= 11 is 7.91. The highest BCUT2D eigenvalue weighted by Gasteiger charge is 2.15. The third-order valence-corrected chi connectivity index (χ3v) is 5.97. The second-order valence-electron chi connectivity index (χ2n) is 6.47. The van der Waals surface area contributed by atoms with Crippen LogP contribution in [0, 0.1) is 0 Å². The molecule has 3 rings (SSSR count). The molecule has 3 nitrogen and oxygen atoms in total. The number of thioether (sulfide) groups is 1. The Bertz CT molecular complexity index is 811. The Morgan fingerprint density at radius 2 is 1.63 bits per heavy atom. The van der Waals surface area contributed by atoms with E-state index in [-0.39, 0.29) is 0 Å². The summed E-state index contributed by atoms with van der Waals surface area (Å²) in [6.45, 7) is 7.81. The maximum absolute atomic E-state index is 6.05. The molecule has 0 N–H and O–H groups in total. The van der Waals surface area contributed by atoms with Crippen molar-refractivity contribution < 1.29 is 0 Å². The van der Waals surface area contributed by atoms with Crippen molar-refractivity contribution in [3.63, 3.8) is 0 Å². The van der Waals surface area contributed by atoms with Crippen LogP contribution in [0.2, 0.25) is 5.02 Å². The van der Waals surface area contributed by atoms with E-state index in [1.807, 2.05) is 60.3 Å². The van der Waals surface area contributed by atoms with Crippen molar-refractivity contribution in [2.24, 2.45) is 9.98 Å². The Hall–Kier alpha value is -1.62. The van der Waals surface area contributed by atoms with Crippen LogP contribution in [0.1, 0.15) is 32.3 Å². The van der Waals surface area contributed by atoms with Crippen LogP contribution in [0.25, 0.3) is 0 Å². The molecule has 5 heteroatoms. The molecule has 0 aliphatic carbocycles. The van der Waals surface area contributed by atoms with Crippen LogP contribution in [0.4, 0.5) is 11.4 Å². The SMILES string of the molecule is CCN(CC)CCCSC1=Nc2ccccc2N=C(c2ccc(Cl)cc2)C1. The third kappa shape index (κ3) is 5.68. The van der Waals surface area contributed by atoms with Crippen LogP contribution >= 0.6 is 23.4 Å². The molecule has 27 heavy (non-hydrogen) atoms. The number of rotatable bonds is 7. The summed E-state index contributed by atoms with van der Waals surface area (Å²) in [5.41, 5.74) is 4.04. The largest absolute Gasteiger partial charge is 0.304 e. The smallest absolute Gasteiger partial charge is 0.0896 e. The molecule has 0 spiro atoms. The number of halogens is 1. The molecular weight excluding hydrogens is 374 g/mol. The summed E-state index contributed by atoms with van der Waals surface area (Å²) in [5.74, 6) is 1.07. The van der Waals surface area contributed by atoms with Crippen molar-refractivity contribution in [2.75, 3.05) is 25.4 Å². The van der Waals surface area contributed by atoms with Crippen LogP contribution in [0.5, 0.6) is 0 Å². The first-order valence-corrected chi connectivity index (χ1v) is 10.9. The van der Waals surface area contributed by atoms with Gasteiger partial charge in [0.25, 0.3) is 0 Å². The number of benzene rings is 2. The molecule has 0 fully saturated rings. The van der Waals surface area contributed by atoms with Crippen LogP contribution in [0.3, 0.4) is 0 Å². The van der Waals surface area contributed by atoms with Gasteiger partial charge in [0.15, 0.2) is 0 Å². The van der Waals surface area contributed by atoms with Crippen molar-refractivity contribution in [2.45, 2.75) is 26.7 Å². The van der Waals surface area contributed by atoms with Crippen molar-refractivity contribution in [1.29, 1.82) is 0 Å². The third-order valence-electron chi connectivity index (χ3n) is 4.66. The maximum Gasteiger partial charge on any atom is 0.0896 e. The van der Waals surface area contributed by atoms with E-state index < -0.39 is 0 Å². The Balaban J connectivity index is 1.76. The van der Waals surface area contributed by atoms with Gasteiger partial charge in [-0.1, -0.05) is 49.7 Å². The number of aliphatic imine (C=N–C) groups is 2. The predicted molar refractivity (Wildman–Crippen MR) is 121 cm³/mol. The lowest BCUT2D eigenvalue weighted by molar-refractivity contribution is 0.305. The molecule has 0 aromatic heterocycles. The molecule has 2 aromatic rings. The summed E-state index contributed by atoms with van der Waals surface area (Å²) in [6.07, 6.45) is 1.92. The van der Waals surface area contributed by atoms with Gasteiger partial charge in [-0.2, -0.15) is 0 Å². The van der Waals surface area contributed by atoms with Crippen molar-refractivity contribution >= 4 is 45.5 Å². The summed E-state index contributed by atoms with van der Waals surface area (Å²) in [6, 6.07) is 16.0. The highest BCUT2D eigenvalue weighted by Crippen LogP contribution is 2.33. The van der Waals surface area contributed by atoms with Gasteiger partial charge in [0, 0.05) is 17.2 Å². The Kier molecular flexibility index (Phi) is 7.50. The monoisotopic (exact) mass is 399 g/mol. The molecule has 142 valence electrons. The zero-order chi connectivity index (χ0) is 19.1. The Morgan fingerprint density at radius 3 is 2.30 bits per heavy atom. The fraction of sp³-hybridized carbons (Fsp3) is 0.364. The lowest BCUT2D eigenvalue weighted by Gasteiger charge is -2.17. The first-order chi connectivity index (χ1) is 13.2. The number of fused-ring (bicyclic) bond motifs is 1. The van der Waals surface area contributed by atoms with Gasteiger partial charge in [-0.15, -0.1) is 11.8 Å². The molecule has 1 aliphatic rings. The zero-order valence-corrected chi connectivity index (χ0v) is 17.6. The topological polar surface area (TPSA) is 28.0 Å². The minimum atomic E-state index is 0.744. The van der Waals surface area contributed by atoms with Crippen LogP contribution in [0.15, 0.2) is 58.5 Å². The lowest BCUT2D eigenvalue weighted by atomic mass is 10.1. The van der Waals surface area contributed by atoms with Crippen LogP contribution in [-0.4, -0.2) is 41.0 Å². The highest BCUT2D eigenvalue weighted by molar-refractivity contribution is 8.14. The zero-order valence-electron chi connectivity index (χ0n) is 16.0. The maximum atomic E-state index is 6.05. The highest BCUT2D eigenvalue weighted by atomic mass is 35.5. The lowest BCUT2D eigenvalue weighted by Crippen LogP contribution is -2.24. The predicted octanol–water partition coefficient (Wildman–Crippen LogP) is 6.36. The number of hydrogen-bond acceptors (Lipinski definition) is 4. The van der Waals surface area contributed by atoms with Crippen LogP contribution < -0.4 is 0 Å². The molecule has 0 radical (unpaired) electrons. The van der Waals surface area contributed by atoms with Gasteiger partial charge >= 0.3 is 0 Å². The molecule has 0 amide bonds. The quantitative estimate of drug-likeness (QED) is 0.506. The van der Waals surface area contributed by atoms with E-state index in [9.17, 15) is 0 Å². The van der Waals surface area contributed by atoms with Crippen LogP contribution in [-0.2, 0) is 0 Å². The standard InChI is InChI=1S/C22H26ClN3S/c1-3-26(4-2)14-7-15-27-22-16-21(17-10-12-18(23)13-11-17)24-19-8-5-6-9-20(19)25-22/h5-6,8-13H,3-4,7,14-16H2,1-2H3. The summed E-state index contributed by atoms with van der Waals surface area (Å²) < 4.78 is 0. The fourth-order valence-corrected chi connectivity index (χ4v) is 4.10. The second kappa shape index (κ2) is 10.1. The van der Waals surface area contributed by atoms with Gasteiger partial charge in [-0.3, -0.25) is 4.99 Å². The molecule has 0 atom stereocenters. The molecule has 0 saturated carbocycles. The summed E-state index contributed by atoms with van der Waals surface area (Å²) in [4.78, 5) is 12.3. The van der Waals surface area contributed by atoms with Gasteiger partial charge in [-0.25, -0.2) is 4.99 Å². The minimum absolute atomic E-state index is 0.744. The second-order valence-corrected chi connectivity index (χ2v) is 8.07. The number of para-hydroxylation sites is 2. The van der Waals surface area contributed by atoms with E-state index in [0.29, 0.717) is 0 Å². The van der Waals surface area contributed by atoms with E-state index in [1.165, 1.54) is 6.42 Å². The van der Waals surface area contributed by atoms with E-state index in [0.717, 1.165) is 64.5 Å². The van der Waals surface area contributed by atoms with Crippen molar-refractivity contribution in [3.8, 4) is 0 Å². The molecule has 2 aromatic carbocycles. The minimum Gasteiger partial charge on any atom is -0.304 e. The van der Waals surface area contributed by atoms with E-state index in [4.69, 9.17) is 21.6 Å². The average molecular weight is 400 g/mol. The molecular formula is C22H26ClN3S. The first kappa shape index (κ1) is 20.1. The Labute approximate surface area is 171 Å². The molecule has 0 saturated heterocycles. The average Bonchev–Trinajstić information content (AvgIpc) is 2.88. The molecule has 1 aliphatic heterocycles. The molecule has 1 heterocycles. The molecule has 0 bridgehead atoms. The van der Waals surface area contributed by atoms with Crippen molar-refractivity contribution in [3.05, 3.63) is 59.1 Å². The Morgan fingerprint density at radius 1 is 0.963 bits per heavy atom.